The molecule has 31 heavy (non-hydrogen) atoms. The van der Waals surface area contributed by atoms with Crippen LogP contribution in [0.1, 0.15) is 16.1 Å². The van der Waals surface area contributed by atoms with E-state index in [1.54, 1.807) is 18.4 Å². The third-order valence-electron chi connectivity index (χ3n) is 4.95. The molecule has 0 unspecified atom stereocenters. The molecule has 0 spiro atoms. The fourth-order valence-corrected chi connectivity index (χ4v) is 4.90. The molecule has 158 valence electrons. The van der Waals surface area contributed by atoms with Crippen molar-refractivity contribution in [1.29, 1.82) is 0 Å². The van der Waals surface area contributed by atoms with Crippen LogP contribution in [-0.4, -0.2) is 34.0 Å². The largest absolute Gasteiger partial charge is 0.497 e. The highest BCUT2D eigenvalue weighted by molar-refractivity contribution is 8.00. The molecule has 0 saturated heterocycles. The summed E-state index contributed by atoms with van der Waals surface area (Å²) in [5.41, 5.74) is 5.51. The van der Waals surface area contributed by atoms with Gasteiger partial charge in [0, 0.05) is 11.3 Å². The number of carbonyl (C=O) groups is 1. The number of thioether (sulfide) groups is 1. The van der Waals surface area contributed by atoms with Gasteiger partial charge in [0.15, 0.2) is 0 Å². The molecule has 0 saturated carbocycles. The van der Waals surface area contributed by atoms with Crippen LogP contribution >= 0.6 is 23.1 Å². The molecule has 0 aliphatic rings. The van der Waals surface area contributed by atoms with Crippen molar-refractivity contribution in [2.24, 2.45) is 0 Å². The Balaban J connectivity index is 1.57. The highest BCUT2D eigenvalue weighted by Gasteiger charge is 2.17. The zero-order chi connectivity index (χ0) is 22.0. The van der Waals surface area contributed by atoms with E-state index >= 15 is 0 Å². The number of hydrogen-bond donors (Lipinski definition) is 1. The summed E-state index contributed by atoms with van der Waals surface area (Å²) >= 11 is 2.92. The first kappa shape index (κ1) is 21.3. The molecule has 1 N–H and O–H groups in total. The minimum absolute atomic E-state index is 0.0857. The second kappa shape index (κ2) is 9.03. The number of fused-ring (bicyclic) bond motifs is 1. The van der Waals surface area contributed by atoms with E-state index < -0.39 is 0 Å². The van der Waals surface area contributed by atoms with Crippen LogP contribution in [0, 0.1) is 20.8 Å². The molecule has 4 aromatic rings. The van der Waals surface area contributed by atoms with Crippen LogP contribution in [-0.2, 0) is 4.79 Å². The molecule has 6 nitrogen and oxygen atoms in total. The molecule has 4 rings (SSSR count). The van der Waals surface area contributed by atoms with Gasteiger partial charge in [-0.15, -0.1) is 21.5 Å². The van der Waals surface area contributed by atoms with Crippen LogP contribution < -0.4 is 10.1 Å². The van der Waals surface area contributed by atoms with E-state index in [0.29, 0.717) is 5.03 Å². The fourth-order valence-electron chi connectivity index (χ4n) is 3.18. The number of carbonyl (C=O) groups excluding carboxylic acids is 1. The van der Waals surface area contributed by atoms with Crippen molar-refractivity contribution in [2.75, 3.05) is 18.2 Å². The van der Waals surface area contributed by atoms with Crippen LogP contribution in [0.15, 0.2) is 47.5 Å². The molecular weight excluding hydrogens is 428 g/mol. The predicted octanol–water partition coefficient (Wildman–Crippen LogP) is 5.42. The minimum Gasteiger partial charge on any atom is -0.497 e. The summed E-state index contributed by atoms with van der Waals surface area (Å²) in [6.45, 7) is 5.99. The Labute approximate surface area is 189 Å². The zero-order valence-corrected chi connectivity index (χ0v) is 19.4. The molecule has 0 atom stereocenters. The quantitative estimate of drug-likeness (QED) is 0.395. The zero-order valence-electron chi connectivity index (χ0n) is 17.7. The van der Waals surface area contributed by atoms with E-state index in [9.17, 15) is 4.79 Å². The second-order valence-electron chi connectivity index (χ2n) is 7.08. The first-order valence-electron chi connectivity index (χ1n) is 9.73. The van der Waals surface area contributed by atoms with Crippen molar-refractivity contribution in [3.63, 3.8) is 0 Å². The third kappa shape index (κ3) is 4.55. The number of hydrogen-bond acceptors (Lipinski definition) is 7. The first-order chi connectivity index (χ1) is 15.0. The van der Waals surface area contributed by atoms with Gasteiger partial charge in [-0.3, -0.25) is 4.79 Å². The van der Waals surface area contributed by atoms with Gasteiger partial charge < -0.3 is 10.1 Å². The van der Waals surface area contributed by atoms with Crippen LogP contribution in [0.25, 0.3) is 21.5 Å². The highest BCUT2D eigenvalue weighted by atomic mass is 32.2. The Kier molecular flexibility index (Phi) is 6.20. The van der Waals surface area contributed by atoms with Gasteiger partial charge in [-0.25, -0.2) is 4.98 Å². The van der Waals surface area contributed by atoms with Crippen molar-refractivity contribution in [2.45, 2.75) is 25.8 Å². The lowest BCUT2D eigenvalue weighted by Crippen LogP contribution is -2.15. The van der Waals surface area contributed by atoms with Gasteiger partial charge in [-0.2, -0.15) is 0 Å². The number of nitrogens with zero attached hydrogens (tertiary/aromatic N) is 3. The standard InChI is InChI=1S/C23H22N4O2S2/c1-13-7-5-10-18(14(13)2)25-19(28)12-30-23-21-22(31-15(3)24-21)20(26-27-23)16-8-6-9-17(11-16)29-4/h5-11H,12H2,1-4H3,(H,25,28). The van der Waals surface area contributed by atoms with Gasteiger partial charge >= 0.3 is 0 Å². The number of amides is 1. The lowest BCUT2D eigenvalue weighted by Gasteiger charge is -2.10. The summed E-state index contributed by atoms with van der Waals surface area (Å²) in [4.78, 5) is 17.2. The van der Waals surface area contributed by atoms with E-state index in [0.717, 1.165) is 49.0 Å². The Hall–Kier alpha value is -2.97. The summed E-state index contributed by atoms with van der Waals surface area (Å²) < 4.78 is 6.29. The molecule has 8 heteroatoms. The average molecular weight is 451 g/mol. The maximum atomic E-state index is 12.5. The van der Waals surface area contributed by atoms with Crippen molar-refractivity contribution < 1.29 is 9.53 Å². The molecule has 0 aliphatic heterocycles. The Morgan fingerprint density at radius 2 is 1.94 bits per heavy atom. The molecule has 2 aromatic carbocycles. The minimum atomic E-state index is -0.0857. The number of anilines is 1. The second-order valence-corrected chi connectivity index (χ2v) is 9.25. The van der Waals surface area contributed by atoms with Gasteiger partial charge in [-0.05, 0) is 50.1 Å². The van der Waals surface area contributed by atoms with E-state index in [-0.39, 0.29) is 11.7 Å². The SMILES string of the molecule is COc1cccc(-c2nnc(SCC(=O)Nc3cccc(C)c3C)c3nc(C)sc23)c1. The van der Waals surface area contributed by atoms with Crippen molar-refractivity contribution >= 4 is 44.9 Å². The van der Waals surface area contributed by atoms with E-state index in [2.05, 4.69) is 20.5 Å². The first-order valence-corrected chi connectivity index (χ1v) is 11.5. The summed E-state index contributed by atoms with van der Waals surface area (Å²) in [5, 5.41) is 13.4. The number of ether oxygens (including phenoxy) is 1. The Bertz CT molecular complexity index is 1270. The number of aryl methyl sites for hydroxylation is 2. The maximum absolute atomic E-state index is 12.5. The molecular formula is C23H22N4O2S2. The Morgan fingerprint density at radius 1 is 1.13 bits per heavy atom. The Morgan fingerprint density at radius 3 is 2.74 bits per heavy atom. The average Bonchev–Trinajstić information content (AvgIpc) is 3.16. The van der Waals surface area contributed by atoms with Gasteiger partial charge in [0.1, 0.15) is 22.0 Å². The molecule has 0 fully saturated rings. The number of nitrogens with one attached hydrogen (secondary N) is 1. The number of thiazole rings is 1. The van der Waals surface area contributed by atoms with Gasteiger partial charge in [0.25, 0.3) is 0 Å². The van der Waals surface area contributed by atoms with Crippen LogP contribution in [0.2, 0.25) is 0 Å². The molecule has 2 heterocycles. The normalized spacial score (nSPS) is 11.0. The summed E-state index contributed by atoms with van der Waals surface area (Å²) in [7, 11) is 1.64. The van der Waals surface area contributed by atoms with Crippen molar-refractivity contribution in [3.8, 4) is 17.0 Å². The van der Waals surface area contributed by atoms with Gasteiger partial charge in [-0.1, -0.05) is 36.0 Å². The number of rotatable bonds is 6. The monoisotopic (exact) mass is 450 g/mol. The van der Waals surface area contributed by atoms with E-state index in [4.69, 9.17) is 4.74 Å². The maximum Gasteiger partial charge on any atom is 0.234 e. The fraction of sp³-hybridized carbons (Fsp3) is 0.217. The van der Waals surface area contributed by atoms with Crippen LogP contribution in [0.4, 0.5) is 5.69 Å². The lowest BCUT2D eigenvalue weighted by molar-refractivity contribution is -0.113. The van der Waals surface area contributed by atoms with Gasteiger partial charge in [0.2, 0.25) is 5.91 Å². The predicted molar refractivity (Wildman–Crippen MR) is 127 cm³/mol. The summed E-state index contributed by atoms with van der Waals surface area (Å²) in [5.74, 6) is 0.902. The van der Waals surface area contributed by atoms with Gasteiger partial charge in [0.05, 0.1) is 22.6 Å². The number of aromatic nitrogens is 3. The van der Waals surface area contributed by atoms with E-state index in [1.807, 2.05) is 63.2 Å². The number of benzene rings is 2. The van der Waals surface area contributed by atoms with E-state index in [1.165, 1.54) is 11.8 Å². The van der Waals surface area contributed by atoms with Crippen LogP contribution in [0.3, 0.4) is 0 Å². The molecule has 1 amide bonds. The molecule has 0 aliphatic carbocycles. The lowest BCUT2D eigenvalue weighted by atomic mass is 10.1. The van der Waals surface area contributed by atoms with Crippen molar-refractivity contribution in [3.05, 3.63) is 58.6 Å². The third-order valence-corrected chi connectivity index (χ3v) is 6.89. The molecule has 2 aromatic heterocycles. The van der Waals surface area contributed by atoms with Crippen molar-refractivity contribution in [1.82, 2.24) is 15.2 Å². The smallest absolute Gasteiger partial charge is 0.234 e. The van der Waals surface area contributed by atoms with Crippen LogP contribution in [0.5, 0.6) is 5.75 Å². The molecule has 0 radical (unpaired) electrons. The summed E-state index contributed by atoms with van der Waals surface area (Å²) in [6, 6.07) is 13.6. The highest BCUT2D eigenvalue weighted by Crippen LogP contribution is 2.36. The summed E-state index contributed by atoms with van der Waals surface area (Å²) in [6.07, 6.45) is 0. The molecule has 0 bridgehead atoms. The number of methoxy groups -OCH3 is 1. The topological polar surface area (TPSA) is 77.0 Å².